The second-order valence-electron chi connectivity index (χ2n) is 3.80. The molecule has 1 aromatic heterocycles. The molecule has 0 saturated carbocycles. The van der Waals surface area contributed by atoms with Crippen molar-refractivity contribution in [1.29, 1.82) is 0 Å². The first-order valence-electron chi connectivity index (χ1n) is 5.75. The second-order valence-corrected chi connectivity index (χ2v) is 3.80. The maximum absolute atomic E-state index is 5.49. The van der Waals surface area contributed by atoms with Crippen molar-refractivity contribution >= 4 is 16.6 Å². The number of nitrogens with one attached hydrogen (secondary N) is 1. The Morgan fingerprint density at radius 2 is 2.06 bits per heavy atom. The summed E-state index contributed by atoms with van der Waals surface area (Å²) in [5, 5.41) is 5.15. The van der Waals surface area contributed by atoms with E-state index in [1.54, 1.807) is 20.4 Å². The van der Waals surface area contributed by atoms with Crippen LogP contribution in [0.5, 0.6) is 11.5 Å². The number of benzene rings is 1. The van der Waals surface area contributed by atoms with E-state index in [4.69, 9.17) is 15.2 Å². The summed E-state index contributed by atoms with van der Waals surface area (Å²) in [4.78, 5) is 4.32. The standard InChI is InChI=1S/C13H17N3O2/c1-17-9-7-11-10(12(8-9)18-2)3-5-15-13(11)16-6-4-14/h3,5,7-8H,4,6,14H2,1-2H3,(H,15,16). The number of methoxy groups -OCH3 is 2. The molecule has 0 radical (unpaired) electrons. The van der Waals surface area contributed by atoms with Crippen LogP contribution in [0.25, 0.3) is 10.8 Å². The quantitative estimate of drug-likeness (QED) is 0.840. The van der Waals surface area contributed by atoms with Gasteiger partial charge in [0, 0.05) is 36.1 Å². The van der Waals surface area contributed by atoms with Crippen molar-refractivity contribution in [3.63, 3.8) is 0 Å². The van der Waals surface area contributed by atoms with E-state index in [1.807, 2.05) is 18.2 Å². The molecule has 96 valence electrons. The molecule has 0 aliphatic rings. The van der Waals surface area contributed by atoms with Gasteiger partial charge in [-0.05, 0) is 12.1 Å². The Bertz CT molecular complexity index is 543. The maximum atomic E-state index is 5.49. The Kier molecular flexibility index (Phi) is 3.84. The zero-order valence-electron chi connectivity index (χ0n) is 10.6. The number of fused-ring (bicyclic) bond motifs is 1. The molecule has 1 aromatic carbocycles. The van der Waals surface area contributed by atoms with Crippen LogP contribution >= 0.6 is 0 Å². The van der Waals surface area contributed by atoms with Crippen LogP contribution in [0, 0.1) is 0 Å². The molecule has 0 saturated heterocycles. The van der Waals surface area contributed by atoms with Crippen LogP contribution in [0.4, 0.5) is 5.82 Å². The first-order valence-corrected chi connectivity index (χ1v) is 5.75. The van der Waals surface area contributed by atoms with Gasteiger partial charge in [-0.3, -0.25) is 0 Å². The van der Waals surface area contributed by atoms with E-state index in [0.717, 1.165) is 28.1 Å². The minimum atomic E-state index is 0.555. The summed E-state index contributed by atoms with van der Waals surface area (Å²) in [5.74, 6) is 2.29. The predicted octanol–water partition coefficient (Wildman–Crippen LogP) is 1.62. The highest BCUT2D eigenvalue weighted by Crippen LogP contribution is 2.33. The summed E-state index contributed by atoms with van der Waals surface area (Å²) >= 11 is 0. The van der Waals surface area contributed by atoms with Crippen LogP contribution in [-0.4, -0.2) is 32.3 Å². The Labute approximate surface area is 106 Å². The van der Waals surface area contributed by atoms with E-state index in [1.165, 1.54) is 0 Å². The van der Waals surface area contributed by atoms with Crippen LogP contribution in [-0.2, 0) is 0 Å². The van der Waals surface area contributed by atoms with Gasteiger partial charge in [-0.1, -0.05) is 0 Å². The second kappa shape index (κ2) is 5.55. The van der Waals surface area contributed by atoms with Crippen molar-refractivity contribution in [3.05, 3.63) is 24.4 Å². The van der Waals surface area contributed by atoms with Gasteiger partial charge < -0.3 is 20.5 Å². The molecule has 0 aliphatic carbocycles. The average Bonchev–Trinajstić information content (AvgIpc) is 2.43. The van der Waals surface area contributed by atoms with E-state index >= 15 is 0 Å². The van der Waals surface area contributed by atoms with Crippen molar-refractivity contribution in [1.82, 2.24) is 4.98 Å². The fourth-order valence-corrected chi connectivity index (χ4v) is 1.84. The van der Waals surface area contributed by atoms with E-state index < -0.39 is 0 Å². The van der Waals surface area contributed by atoms with E-state index in [-0.39, 0.29) is 0 Å². The van der Waals surface area contributed by atoms with Crippen LogP contribution in [0.2, 0.25) is 0 Å². The lowest BCUT2D eigenvalue weighted by Gasteiger charge is -2.12. The molecule has 0 atom stereocenters. The molecular formula is C13H17N3O2. The van der Waals surface area contributed by atoms with Gasteiger partial charge in [-0.25, -0.2) is 4.98 Å². The molecule has 1 heterocycles. The molecule has 2 rings (SSSR count). The van der Waals surface area contributed by atoms with Crippen molar-refractivity contribution in [2.75, 3.05) is 32.6 Å². The highest BCUT2D eigenvalue weighted by Gasteiger charge is 2.09. The maximum Gasteiger partial charge on any atom is 0.134 e. The van der Waals surface area contributed by atoms with E-state index in [0.29, 0.717) is 13.1 Å². The van der Waals surface area contributed by atoms with Crippen LogP contribution in [0.15, 0.2) is 24.4 Å². The highest BCUT2D eigenvalue weighted by atomic mass is 16.5. The van der Waals surface area contributed by atoms with Crippen LogP contribution < -0.4 is 20.5 Å². The lowest BCUT2D eigenvalue weighted by molar-refractivity contribution is 0.398. The minimum Gasteiger partial charge on any atom is -0.497 e. The van der Waals surface area contributed by atoms with Crippen molar-refractivity contribution in [2.45, 2.75) is 0 Å². The Balaban J connectivity index is 2.58. The van der Waals surface area contributed by atoms with Gasteiger partial charge in [-0.15, -0.1) is 0 Å². The lowest BCUT2D eigenvalue weighted by atomic mass is 10.1. The Hall–Kier alpha value is -2.01. The number of rotatable bonds is 5. The number of hydrogen-bond acceptors (Lipinski definition) is 5. The summed E-state index contributed by atoms with van der Waals surface area (Å²) in [6.45, 7) is 1.23. The number of nitrogens with zero attached hydrogens (tertiary/aromatic N) is 1. The first kappa shape index (κ1) is 12.4. The molecule has 0 amide bonds. The predicted molar refractivity (Wildman–Crippen MR) is 72.4 cm³/mol. The molecule has 3 N–H and O–H groups in total. The normalized spacial score (nSPS) is 10.4. The molecule has 2 aromatic rings. The summed E-state index contributed by atoms with van der Waals surface area (Å²) in [7, 11) is 3.27. The number of nitrogens with two attached hydrogens (primary N) is 1. The molecular weight excluding hydrogens is 230 g/mol. The van der Waals surface area contributed by atoms with Crippen LogP contribution in [0.1, 0.15) is 0 Å². The largest absolute Gasteiger partial charge is 0.497 e. The van der Waals surface area contributed by atoms with Gasteiger partial charge >= 0.3 is 0 Å². The SMILES string of the molecule is COc1cc(OC)c2ccnc(NCCN)c2c1. The van der Waals surface area contributed by atoms with Gasteiger partial charge in [0.05, 0.1) is 14.2 Å². The number of pyridine rings is 1. The Morgan fingerprint density at radius 1 is 1.22 bits per heavy atom. The number of hydrogen-bond donors (Lipinski definition) is 2. The van der Waals surface area contributed by atoms with Gasteiger partial charge in [0.1, 0.15) is 17.3 Å². The zero-order valence-corrected chi connectivity index (χ0v) is 10.6. The third-order valence-corrected chi connectivity index (χ3v) is 2.71. The summed E-state index contributed by atoms with van der Waals surface area (Å²) in [6, 6.07) is 5.71. The monoisotopic (exact) mass is 247 g/mol. The van der Waals surface area contributed by atoms with Gasteiger partial charge in [-0.2, -0.15) is 0 Å². The highest BCUT2D eigenvalue weighted by molar-refractivity contribution is 5.97. The first-order chi connectivity index (χ1) is 8.80. The van der Waals surface area contributed by atoms with E-state index in [9.17, 15) is 0 Å². The molecule has 0 aliphatic heterocycles. The third-order valence-electron chi connectivity index (χ3n) is 2.71. The molecule has 0 unspecified atom stereocenters. The van der Waals surface area contributed by atoms with Crippen LogP contribution in [0.3, 0.4) is 0 Å². The van der Waals surface area contributed by atoms with Gasteiger partial charge in [0.15, 0.2) is 0 Å². The summed E-state index contributed by atoms with van der Waals surface area (Å²) < 4.78 is 10.6. The molecule has 0 fully saturated rings. The molecule has 0 spiro atoms. The number of ether oxygens (including phenoxy) is 2. The number of aromatic nitrogens is 1. The Morgan fingerprint density at radius 3 is 2.72 bits per heavy atom. The topological polar surface area (TPSA) is 69.4 Å². The lowest BCUT2D eigenvalue weighted by Crippen LogP contribution is -2.14. The smallest absolute Gasteiger partial charge is 0.134 e. The average molecular weight is 247 g/mol. The van der Waals surface area contributed by atoms with Crippen molar-refractivity contribution in [2.24, 2.45) is 5.73 Å². The van der Waals surface area contributed by atoms with Gasteiger partial charge in [0.25, 0.3) is 0 Å². The fourth-order valence-electron chi connectivity index (χ4n) is 1.84. The fraction of sp³-hybridized carbons (Fsp3) is 0.308. The molecule has 18 heavy (non-hydrogen) atoms. The molecule has 5 heteroatoms. The molecule has 5 nitrogen and oxygen atoms in total. The minimum absolute atomic E-state index is 0.555. The number of anilines is 1. The third kappa shape index (κ3) is 2.31. The van der Waals surface area contributed by atoms with Gasteiger partial charge in [0.2, 0.25) is 0 Å². The van der Waals surface area contributed by atoms with Crippen molar-refractivity contribution < 1.29 is 9.47 Å². The summed E-state index contributed by atoms with van der Waals surface area (Å²) in [6.07, 6.45) is 1.75. The van der Waals surface area contributed by atoms with E-state index in [2.05, 4.69) is 10.3 Å². The zero-order chi connectivity index (χ0) is 13.0. The van der Waals surface area contributed by atoms with Crippen molar-refractivity contribution in [3.8, 4) is 11.5 Å². The molecule has 0 bridgehead atoms. The summed E-state index contributed by atoms with van der Waals surface area (Å²) in [5.41, 5.74) is 5.49.